The van der Waals surface area contributed by atoms with Gasteiger partial charge in [0.25, 0.3) is 0 Å². The fourth-order valence-electron chi connectivity index (χ4n) is 8.23. The molecular weight excluding hydrogens is 669 g/mol. The van der Waals surface area contributed by atoms with Crippen LogP contribution in [0.5, 0.6) is 0 Å². The van der Waals surface area contributed by atoms with E-state index in [9.17, 15) is 0 Å². The minimum atomic E-state index is 0.688. The number of furan rings is 1. The van der Waals surface area contributed by atoms with E-state index in [4.69, 9.17) is 14.4 Å². The minimum absolute atomic E-state index is 0.688. The van der Waals surface area contributed by atoms with Gasteiger partial charge in [-0.15, -0.1) is 0 Å². The lowest BCUT2D eigenvalue weighted by Crippen LogP contribution is -1.97. The summed E-state index contributed by atoms with van der Waals surface area (Å²) >= 11 is 0. The Kier molecular flexibility index (Phi) is 7.17. The quantitative estimate of drug-likeness (QED) is 0.133. The van der Waals surface area contributed by atoms with E-state index in [0.29, 0.717) is 5.82 Å². The summed E-state index contributed by atoms with van der Waals surface area (Å²) in [4.78, 5) is 10.7. The number of nitrogens with zero attached hydrogens (tertiary/aromatic N) is 2. The molecule has 0 atom stereocenters. The summed E-state index contributed by atoms with van der Waals surface area (Å²) in [6.45, 7) is 0. The van der Waals surface area contributed by atoms with Crippen molar-refractivity contribution in [3.05, 3.63) is 194 Å². The number of hydrogen-bond donors (Lipinski definition) is 0. The molecule has 0 aliphatic rings. The summed E-state index contributed by atoms with van der Waals surface area (Å²) in [5.41, 5.74) is 11.2. The van der Waals surface area contributed by atoms with Gasteiger partial charge in [0.2, 0.25) is 0 Å². The average molecular weight is 701 g/mol. The van der Waals surface area contributed by atoms with Crippen molar-refractivity contribution < 1.29 is 4.42 Å². The molecule has 11 rings (SSSR count). The maximum Gasteiger partial charge on any atom is 0.160 e. The molecule has 0 N–H and O–H groups in total. The van der Waals surface area contributed by atoms with Crippen molar-refractivity contribution in [3.63, 3.8) is 0 Å². The monoisotopic (exact) mass is 700 g/mol. The van der Waals surface area contributed by atoms with E-state index in [1.807, 2.05) is 24.3 Å². The highest BCUT2D eigenvalue weighted by molar-refractivity contribution is 6.20. The molecule has 0 spiro atoms. The maximum absolute atomic E-state index is 6.22. The maximum atomic E-state index is 6.22. The van der Waals surface area contributed by atoms with E-state index >= 15 is 0 Å². The normalized spacial score (nSPS) is 11.6. The standard InChI is InChI=1S/C52H32N2O/c1-2-11-33(12-3-1)34-21-27-38(28-22-34)52-53-46(37-25-23-36(24-26-37)41-18-10-20-49-51(41)44-17-8-9-19-48(44)55-49)32-47(54-52)50-42-16-7-5-14-39(42)31-45-40-15-6-4-13-35(40)29-30-43(45)50/h1-32H. The predicted octanol–water partition coefficient (Wildman–Crippen LogP) is 14.2. The summed E-state index contributed by atoms with van der Waals surface area (Å²) in [6.07, 6.45) is 0. The van der Waals surface area contributed by atoms with Gasteiger partial charge < -0.3 is 4.42 Å². The molecule has 0 amide bonds. The van der Waals surface area contributed by atoms with E-state index in [0.717, 1.165) is 72.1 Å². The zero-order valence-electron chi connectivity index (χ0n) is 29.8. The highest BCUT2D eigenvalue weighted by atomic mass is 16.3. The molecule has 0 bridgehead atoms. The molecule has 0 saturated carbocycles. The van der Waals surface area contributed by atoms with Crippen LogP contribution in [0.15, 0.2) is 199 Å². The average Bonchev–Trinajstić information content (AvgIpc) is 3.65. The fourth-order valence-corrected chi connectivity index (χ4v) is 8.23. The SMILES string of the molecule is c1ccc(-c2ccc(-c3nc(-c4ccc(-c5cccc6oc7ccccc7c56)cc4)cc(-c4c5ccccc5cc5c4ccc4ccccc45)n3)cc2)cc1. The van der Waals surface area contributed by atoms with Gasteiger partial charge in [0, 0.05) is 27.5 Å². The second kappa shape index (κ2) is 12.6. The van der Waals surface area contributed by atoms with Crippen molar-refractivity contribution in [3.8, 4) is 56.2 Å². The molecule has 256 valence electrons. The molecular formula is C52H32N2O. The Balaban J connectivity index is 1.11. The third kappa shape index (κ3) is 5.28. The molecule has 3 nitrogen and oxygen atoms in total. The van der Waals surface area contributed by atoms with E-state index < -0.39 is 0 Å². The van der Waals surface area contributed by atoms with Crippen LogP contribution >= 0.6 is 0 Å². The molecule has 0 aliphatic carbocycles. The number of para-hydroxylation sites is 1. The van der Waals surface area contributed by atoms with Gasteiger partial charge in [0.15, 0.2) is 5.82 Å². The molecule has 0 saturated heterocycles. The van der Waals surface area contributed by atoms with Crippen LogP contribution in [0.25, 0.3) is 110 Å². The van der Waals surface area contributed by atoms with Crippen LogP contribution in [0.3, 0.4) is 0 Å². The van der Waals surface area contributed by atoms with Crippen LogP contribution in [0, 0.1) is 0 Å². The molecule has 0 aliphatic heterocycles. The van der Waals surface area contributed by atoms with Gasteiger partial charge in [0.1, 0.15) is 11.2 Å². The van der Waals surface area contributed by atoms with Crippen LogP contribution in [0.1, 0.15) is 0 Å². The first-order chi connectivity index (χ1) is 27.2. The molecule has 3 heteroatoms. The van der Waals surface area contributed by atoms with E-state index in [1.165, 1.54) is 32.5 Å². The minimum Gasteiger partial charge on any atom is -0.456 e. The molecule has 0 unspecified atom stereocenters. The van der Waals surface area contributed by atoms with Gasteiger partial charge in [-0.25, -0.2) is 9.97 Å². The topological polar surface area (TPSA) is 38.9 Å². The first-order valence-electron chi connectivity index (χ1n) is 18.6. The van der Waals surface area contributed by atoms with Crippen LogP contribution in [0.4, 0.5) is 0 Å². The van der Waals surface area contributed by atoms with Crippen LogP contribution in [-0.4, -0.2) is 9.97 Å². The Morgan fingerprint density at radius 3 is 1.78 bits per heavy atom. The fraction of sp³-hybridized carbons (Fsp3) is 0. The lowest BCUT2D eigenvalue weighted by atomic mass is 9.91. The van der Waals surface area contributed by atoms with Gasteiger partial charge in [0.05, 0.1) is 11.4 Å². The Labute approximate surface area is 317 Å². The van der Waals surface area contributed by atoms with Crippen molar-refractivity contribution in [1.82, 2.24) is 9.97 Å². The lowest BCUT2D eigenvalue weighted by molar-refractivity contribution is 0.669. The van der Waals surface area contributed by atoms with E-state index in [1.54, 1.807) is 0 Å². The van der Waals surface area contributed by atoms with Gasteiger partial charge >= 0.3 is 0 Å². The Morgan fingerprint density at radius 1 is 0.327 bits per heavy atom. The molecule has 0 fully saturated rings. The first-order valence-corrected chi connectivity index (χ1v) is 18.6. The zero-order chi connectivity index (χ0) is 36.3. The van der Waals surface area contributed by atoms with E-state index in [2.05, 4.69) is 170 Å². The van der Waals surface area contributed by atoms with Crippen LogP contribution in [-0.2, 0) is 0 Å². The predicted molar refractivity (Wildman–Crippen MR) is 229 cm³/mol. The number of fused-ring (bicyclic) bond motifs is 7. The summed E-state index contributed by atoms with van der Waals surface area (Å²) < 4.78 is 6.22. The number of rotatable bonds is 5. The van der Waals surface area contributed by atoms with Crippen molar-refractivity contribution >= 4 is 54.3 Å². The number of hydrogen-bond acceptors (Lipinski definition) is 3. The highest BCUT2D eigenvalue weighted by Crippen LogP contribution is 2.41. The van der Waals surface area contributed by atoms with Crippen molar-refractivity contribution in [2.24, 2.45) is 0 Å². The molecule has 2 aromatic heterocycles. The van der Waals surface area contributed by atoms with Crippen molar-refractivity contribution in [1.29, 1.82) is 0 Å². The van der Waals surface area contributed by atoms with Crippen molar-refractivity contribution in [2.75, 3.05) is 0 Å². The molecule has 55 heavy (non-hydrogen) atoms. The smallest absolute Gasteiger partial charge is 0.160 e. The first kappa shape index (κ1) is 31.2. The Morgan fingerprint density at radius 2 is 0.945 bits per heavy atom. The van der Waals surface area contributed by atoms with Gasteiger partial charge in [-0.3, -0.25) is 0 Å². The lowest BCUT2D eigenvalue weighted by Gasteiger charge is -2.15. The number of aromatic nitrogens is 2. The summed E-state index contributed by atoms with van der Waals surface area (Å²) in [5.74, 6) is 0.688. The summed E-state index contributed by atoms with van der Waals surface area (Å²) in [6, 6.07) is 68.6. The molecule has 0 radical (unpaired) electrons. The Bertz CT molecular complexity index is 3230. The largest absolute Gasteiger partial charge is 0.456 e. The highest BCUT2D eigenvalue weighted by Gasteiger charge is 2.18. The zero-order valence-corrected chi connectivity index (χ0v) is 29.8. The van der Waals surface area contributed by atoms with E-state index in [-0.39, 0.29) is 0 Å². The summed E-state index contributed by atoms with van der Waals surface area (Å²) in [7, 11) is 0. The third-order valence-electron chi connectivity index (χ3n) is 10.9. The van der Waals surface area contributed by atoms with Gasteiger partial charge in [-0.1, -0.05) is 170 Å². The molecule has 9 aromatic carbocycles. The van der Waals surface area contributed by atoms with Crippen LogP contribution < -0.4 is 0 Å². The van der Waals surface area contributed by atoms with Gasteiger partial charge in [-0.05, 0) is 78.8 Å². The summed E-state index contributed by atoms with van der Waals surface area (Å²) in [5, 5.41) is 9.43. The molecule has 2 heterocycles. The third-order valence-corrected chi connectivity index (χ3v) is 10.9. The second-order valence-corrected chi connectivity index (χ2v) is 14.1. The second-order valence-electron chi connectivity index (χ2n) is 14.1. The Hall–Kier alpha value is -7.36. The number of benzene rings is 9. The molecule has 11 aromatic rings. The van der Waals surface area contributed by atoms with Gasteiger partial charge in [-0.2, -0.15) is 0 Å². The van der Waals surface area contributed by atoms with Crippen molar-refractivity contribution in [2.45, 2.75) is 0 Å². The van der Waals surface area contributed by atoms with Crippen LogP contribution in [0.2, 0.25) is 0 Å².